The second kappa shape index (κ2) is 2.26. The Kier molecular flexibility index (Phi) is 1.21. The largest absolute Gasteiger partial charge is 0.384 e. The third-order valence-corrected chi connectivity index (χ3v) is 3.07. The SMILES string of the molecule is N#CC1Cc2ccc3c(c21)CCN3. The minimum Gasteiger partial charge on any atom is -0.384 e. The highest BCUT2D eigenvalue weighted by Crippen LogP contribution is 2.41. The van der Waals surface area contributed by atoms with Crippen molar-refractivity contribution in [3.63, 3.8) is 0 Å². The Labute approximate surface area is 77.2 Å². The summed E-state index contributed by atoms with van der Waals surface area (Å²) in [7, 11) is 0. The number of rotatable bonds is 0. The van der Waals surface area contributed by atoms with Gasteiger partial charge in [-0.2, -0.15) is 5.26 Å². The summed E-state index contributed by atoms with van der Waals surface area (Å²) in [6.45, 7) is 1.03. The Morgan fingerprint density at radius 3 is 3.23 bits per heavy atom. The number of hydrogen-bond acceptors (Lipinski definition) is 2. The van der Waals surface area contributed by atoms with Crippen LogP contribution < -0.4 is 5.32 Å². The van der Waals surface area contributed by atoms with Crippen LogP contribution in [0.15, 0.2) is 12.1 Å². The molecule has 0 amide bonds. The molecule has 0 saturated carbocycles. The molecule has 1 atom stereocenters. The molecule has 1 aromatic carbocycles. The van der Waals surface area contributed by atoms with Gasteiger partial charge in [-0.15, -0.1) is 0 Å². The van der Waals surface area contributed by atoms with Crippen molar-refractivity contribution < 1.29 is 0 Å². The lowest BCUT2D eigenvalue weighted by Crippen LogP contribution is -2.17. The zero-order valence-electron chi connectivity index (χ0n) is 7.30. The Balaban J connectivity index is 2.20. The summed E-state index contributed by atoms with van der Waals surface area (Å²) < 4.78 is 0. The zero-order valence-corrected chi connectivity index (χ0v) is 7.30. The molecule has 2 heteroatoms. The highest BCUT2D eigenvalue weighted by atomic mass is 14.9. The molecule has 0 bridgehead atoms. The van der Waals surface area contributed by atoms with Gasteiger partial charge in [0.1, 0.15) is 0 Å². The first-order valence-electron chi connectivity index (χ1n) is 4.68. The normalized spacial score (nSPS) is 22.2. The summed E-state index contributed by atoms with van der Waals surface area (Å²) in [5, 5.41) is 12.2. The molecule has 1 aromatic rings. The van der Waals surface area contributed by atoms with E-state index >= 15 is 0 Å². The third kappa shape index (κ3) is 0.767. The second-order valence-electron chi connectivity index (χ2n) is 3.73. The van der Waals surface area contributed by atoms with Crippen LogP contribution in [0.25, 0.3) is 0 Å². The first kappa shape index (κ1) is 6.97. The number of benzene rings is 1. The molecule has 0 radical (unpaired) electrons. The number of fused-ring (bicyclic) bond motifs is 3. The molecular weight excluding hydrogens is 160 g/mol. The van der Waals surface area contributed by atoms with Gasteiger partial charge in [-0.1, -0.05) is 6.07 Å². The highest BCUT2D eigenvalue weighted by Gasteiger charge is 2.31. The van der Waals surface area contributed by atoms with Crippen molar-refractivity contribution in [3.05, 3.63) is 28.8 Å². The van der Waals surface area contributed by atoms with E-state index in [1.165, 1.54) is 22.4 Å². The van der Waals surface area contributed by atoms with Crippen LogP contribution in [0.4, 0.5) is 5.69 Å². The van der Waals surface area contributed by atoms with E-state index in [4.69, 9.17) is 5.26 Å². The molecule has 1 N–H and O–H groups in total. The molecule has 0 saturated heterocycles. The topological polar surface area (TPSA) is 35.8 Å². The van der Waals surface area contributed by atoms with Gasteiger partial charge in [0.25, 0.3) is 0 Å². The highest BCUT2D eigenvalue weighted by molar-refractivity contribution is 5.65. The maximum atomic E-state index is 8.89. The molecule has 2 aliphatic rings. The lowest BCUT2D eigenvalue weighted by Gasteiger charge is -2.27. The quantitative estimate of drug-likeness (QED) is 0.644. The average Bonchev–Trinajstić information content (AvgIpc) is 2.52. The lowest BCUT2D eigenvalue weighted by molar-refractivity contribution is 0.733. The summed E-state index contributed by atoms with van der Waals surface area (Å²) >= 11 is 0. The maximum Gasteiger partial charge on any atom is 0.0759 e. The lowest BCUT2D eigenvalue weighted by atomic mass is 9.75. The van der Waals surface area contributed by atoms with E-state index in [2.05, 4.69) is 23.5 Å². The molecule has 1 unspecified atom stereocenters. The monoisotopic (exact) mass is 170 g/mol. The molecule has 3 rings (SSSR count). The van der Waals surface area contributed by atoms with Crippen LogP contribution in [-0.2, 0) is 12.8 Å². The number of nitrogens with zero attached hydrogens (tertiary/aromatic N) is 1. The van der Waals surface area contributed by atoms with E-state index in [0.717, 1.165) is 19.4 Å². The minimum absolute atomic E-state index is 0.171. The number of nitriles is 1. The van der Waals surface area contributed by atoms with Crippen molar-refractivity contribution in [2.75, 3.05) is 11.9 Å². The van der Waals surface area contributed by atoms with Gasteiger partial charge in [-0.05, 0) is 35.6 Å². The van der Waals surface area contributed by atoms with Crippen LogP contribution in [-0.4, -0.2) is 6.54 Å². The van der Waals surface area contributed by atoms with Gasteiger partial charge in [0.15, 0.2) is 0 Å². The van der Waals surface area contributed by atoms with Crippen molar-refractivity contribution in [2.45, 2.75) is 18.8 Å². The summed E-state index contributed by atoms with van der Waals surface area (Å²) in [6.07, 6.45) is 2.05. The van der Waals surface area contributed by atoms with Gasteiger partial charge in [0.2, 0.25) is 0 Å². The van der Waals surface area contributed by atoms with E-state index < -0.39 is 0 Å². The minimum atomic E-state index is 0.171. The predicted octanol–water partition coefficient (Wildman–Crippen LogP) is 1.82. The van der Waals surface area contributed by atoms with Gasteiger partial charge in [0.05, 0.1) is 12.0 Å². The molecule has 1 aliphatic carbocycles. The fourth-order valence-corrected chi connectivity index (χ4v) is 2.38. The first-order chi connectivity index (χ1) is 6.40. The van der Waals surface area contributed by atoms with Crippen LogP contribution in [0.5, 0.6) is 0 Å². The van der Waals surface area contributed by atoms with E-state index in [1.807, 2.05) is 0 Å². The Hall–Kier alpha value is -1.49. The van der Waals surface area contributed by atoms with Crippen molar-refractivity contribution in [2.24, 2.45) is 0 Å². The molecule has 1 aliphatic heterocycles. The number of nitrogens with one attached hydrogen (secondary N) is 1. The van der Waals surface area contributed by atoms with Crippen LogP contribution in [0.2, 0.25) is 0 Å². The fourth-order valence-electron chi connectivity index (χ4n) is 2.38. The summed E-state index contributed by atoms with van der Waals surface area (Å²) in [5.41, 5.74) is 5.35. The maximum absolute atomic E-state index is 8.89. The van der Waals surface area contributed by atoms with Crippen molar-refractivity contribution >= 4 is 5.69 Å². The Morgan fingerprint density at radius 2 is 2.38 bits per heavy atom. The molecule has 1 heterocycles. The smallest absolute Gasteiger partial charge is 0.0759 e. The van der Waals surface area contributed by atoms with Gasteiger partial charge < -0.3 is 5.32 Å². The number of anilines is 1. The zero-order chi connectivity index (χ0) is 8.84. The van der Waals surface area contributed by atoms with E-state index in [9.17, 15) is 0 Å². The molecule has 2 nitrogen and oxygen atoms in total. The van der Waals surface area contributed by atoms with Gasteiger partial charge >= 0.3 is 0 Å². The average molecular weight is 170 g/mol. The van der Waals surface area contributed by atoms with Crippen molar-refractivity contribution in [3.8, 4) is 6.07 Å². The van der Waals surface area contributed by atoms with E-state index in [0.29, 0.717) is 0 Å². The van der Waals surface area contributed by atoms with Crippen LogP contribution in [0.1, 0.15) is 22.6 Å². The van der Waals surface area contributed by atoms with Crippen LogP contribution in [0.3, 0.4) is 0 Å². The fraction of sp³-hybridized carbons (Fsp3) is 0.364. The Morgan fingerprint density at radius 1 is 1.46 bits per heavy atom. The second-order valence-corrected chi connectivity index (χ2v) is 3.73. The van der Waals surface area contributed by atoms with Crippen molar-refractivity contribution in [1.82, 2.24) is 0 Å². The summed E-state index contributed by atoms with van der Waals surface area (Å²) in [6, 6.07) is 6.66. The van der Waals surface area contributed by atoms with E-state index in [1.54, 1.807) is 0 Å². The first-order valence-corrected chi connectivity index (χ1v) is 4.68. The standard InChI is InChI=1S/C11H10N2/c12-6-8-5-7-1-2-10-9(11(7)8)3-4-13-10/h1-2,8,13H,3-5H2. The molecular formula is C11H10N2. The summed E-state index contributed by atoms with van der Waals surface area (Å²) in [4.78, 5) is 0. The van der Waals surface area contributed by atoms with Gasteiger partial charge in [-0.3, -0.25) is 0 Å². The predicted molar refractivity (Wildman–Crippen MR) is 50.7 cm³/mol. The van der Waals surface area contributed by atoms with Crippen LogP contribution >= 0.6 is 0 Å². The summed E-state index contributed by atoms with van der Waals surface area (Å²) in [5.74, 6) is 0.171. The molecule has 0 spiro atoms. The van der Waals surface area contributed by atoms with Crippen LogP contribution in [0, 0.1) is 11.3 Å². The van der Waals surface area contributed by atoms with Crippen molar-refractivity contribution in [1.29, 1.82) is 5.26 Å². The van der Waals surface area contributed by atoms with Gasteiger partial charge in [0, 0.05) is 12.2 Å². The molecule has 0 fully saturated rings. The number of hydrogen-bond donors (Lipinski definition) is 1. The molecule has 13 heavy (non-hydrogen) atoms. The molecule has 64 valence electrons. The van der Waals surface area contributed by atoms with E-state index in [-0.39, 0.29) is 5.92 Å². The third-order valence-electron chi connectivity index (χ3n) is 3.07. The molecule has 0 aromatic heterocycles. The Bertz CT molecular complexity index is 415. The van der Waals surface area contributed by atoms with Gasteiger partial charge in [-0.25, -0.2) is 0 Å².